The minimum Gasteiger partial charge on any atom is -0.497 e. The van der Waals surface area contributed by atoms with Crippen LogP contribution in [0, 0.1) is 11.8 Å². The van der Waals surface area contributed by atoms with Crippen molar-refractivity contribution in [1.29, 1.82) is 0 Å². The second kappa shape index (κ2) is 12.0. The van der Waals surface area contributed by atoms with E-state index in [9.17, 15) is 13.2 Å². The third-order valence-corrected chi connectivity index (χ3v) is 11.0. The Hall–Kier alpha value is -5.67. The molecule has 0 N–H and O–H groups in total. The van der Waals surface area contributed by atoms with Gasteiger partial charge < -0.3 is 9.47 Å². The fourth-order valence-corrected chi connectivity index (χ4v) is 8.94. The van der Waals surface area contributed by atoms with Gasteiger partial charge in [0.25, 0.3) is 0 Å². The van der Waals surface area contributed by atoms with Gasteiger partial charge in [-0.15, -0.1) is 0 Å². The topological polar surface area (TPSA) is 72.9 Å². The van der Waals surface area contributed by atoms with Crippen LogP contribution in [0.15, 0.2) is 127 Å². The number of hydrogen-bond acceptors (Lipinski definition) is 5. The third kappa shape index (κ3) is 4.41. The van der Waals surface area contributed by atoms with E-state index < -0.39 is 51.9 Å². The Morgan fingerprint density at radius 2 is 1.04 bits per heavy atom. The molecule has 1 aliphatic heterocycles. The van der Waals surface area contributed by atoms with Crippen LogP contribution in [0.1, 0.15) is 27.8 Å². The molecule has 0 unspecified atom stereocenters. The second-order valence-electron chi connectivity index (χ2n) is 13.0. The van der Waals surface area contributed by atoms with Crippen LogP contribution in [0.4, 0.5) is 18.9 Å². The number of hydrogen-bond donors (Lipinski definition) is 0. The minimum absolute atomic E-state index is 0.213. The van der Waals surface area contributed by atoms with Gasteiger partial charge in [-0.05, 0) is 75.9 Å². The molecule has 1 saturated carbocycles. The maximum Gasteiger partial charge on any atom is 0.416 e. The van der Waals surface area contributed by atoms with Crippen LogP contribution in [-0.2, 0) is 31.4 Å². The standard InChI is InChI=1S/C42H29ClF3NO5/c1-51-29-18-13-24(14-19-29)33-34(25-15-20-30(52-2)21-16-25)41(27-11-7-4-8-12-27)36-35(40(33,39(41)50)26-9-5-3-6-10-26)37(48)47(38(36)49)32-23-28(42(44,45)46)17-22-31(32)43/h3-23,35-36H,1-2H3/t35-,36+,40-,41-/m0/s1. The van der Waals surface area contributed by atoms with E-state index in [1.165, 1.54) is 14.2 Å². The lowest BCUT2D eigenvalue weighted by molar-refractivity contribution is -0.137. The minimum atomic E-state index is -4.78. The highest BCUT2D eigenvalue weighted by molar-refractivity contribution is 6.41. The average molecular weight is 720 g/mol. The number of amides is 2. The van der Waals surface area contributed by atoms with Crippen LogP contribution in [0.3, 0.4) is 0 Å². The zero-order chi connectivity index (χ0) is 36.6. The Morgan fingerprint density at radius 3 is 1.42 bits per heavy atom. The lowest BCUT2D eigenvalue weighted by Gasteiger charge is -2.39. The summed E-state index contributed by atoms with van der Waals surface area (Å²) < 4.78 is 53.1. The van der Waals surface area contributed by atoms with Crippen LogP contribution in [0.25, 0.3) is 11.1 Å². The molecule has 1 saturated heterocycles. The van der Waals surface area contributed by atoms with Gasteiger partial charge in [-0.1, -0.05) is 96.5 Å². The first-order valence-corrected chi connectivity index (χ1v) is 16.8. The van der Waals surface area contributed by atoms with E-state index in [1.54, 1.807) is 84.9 Å². The largest absolute Gasteiger partial charge is 0.497 e. The molecule has 0 radical (unpaired) electrons. The number of halogens is 4. The second-order valence-corrected chi connectivity index (χ2v) is 13.4. The van der Waals surface area contributed by atoms with E-state index in [0.29, 0.717) is 44.9 Å². The molecule has 5 aromatic rings. The number of allylic oxidation sites excluding steroid dienone is 2. The maximum atomic E-state index is 16.0. The molecule has 2 amide bonds. The van der Waals surface area contributed by atoms with E-state index in [1.807, 2.05) is 24.3 Å². The molecule has 3 aliphatic rings. The number of imide groups is 1. The van der Waals surface area contributed by atoms with Crippen molar-refractivity contribution >= 4 is 46.0 Å². The molecule has 2 bridgehead atoms. The number of ketones is 1. The summed E-state index contributed by atoms with van der Waals surface area (Å²) in [6.07, 6.45) is -4.78. The number of alkyl halides is 3. The number of carbonyl (C=O) groups is 3. The number of ether oxygens (including phenoxy) is 2. The van der Waals surface area contributed by atoms with Crippen LogP contribution >= 0.6 is 11.6 Å². The predicted molar refractivity (Wildman–Crippen MR) is 190 cm³/mol. The predicted octanol–water partition coefficient (Wildman–Crippen LogP) is 8.56. The number of nitrogens with zero attached hydrogens (tertiary/aromatic N) is 1. The van der Waals surface area contributed by atoms with Gasteiger partial charge in [-0.3, -0.25) is 14.4 Å². The Kier molecular flexibility index (Phi) is 7.69. The molecule has 260 valence electrons. The van der Waals surface area contributed by atoms with Crippen molar-refractivity contribution < 1.29 is 37.0 Å². The molecule has 1 heterocycles. The van der Waals surface area contributed by atoms with E-state index in [2.05, 4.69) is 0 Å². The number of fused-ring (bicyclic) bond motifs is 5. The maximum absolute atomic E-state index is 16.0. The average Bonchev–Trinajstić information content (AvgIpc) is 3.67. The summed E-state index contributed by atoms with van der Waals surface area (Å²) in [5, 5.41) is -0.213. The van der Waals surface area contributed by atoms with Crippen molar-refractivity contribution in [3.63, 3.8) is 0 Å². The monoisotopic (exact) mass is 719 g/mol. The zero-order valence-corrected chi connectivity index (χ0v) is 28.5. The Bertz CT molecular complexity index is 2160. The van der Waals surface area contributed by atoms with Gasteiger partial charge in [-0.25, -0.2) is 4.90 Å². The van der Waals surface area contributed by atoms with E-state index in [-0.39, 0.29) is 10.8 Å². The van der Waals surface area contributed by atoms with Gasteiger partial charge in [0.15, 0.2) is 5.78 Å². The molecule has 0 aromatic heterocycles. The van der Waals surface area contributed by atoms with E-state index >= 15 is 14.4 Å². The molecule has 10 heteroatoms. The number of rotatable bonds is 7. The van der Waals surface area contributed by atoms with Crippen LogP contribution in [0.5, 0.6) is 11.5 Å². The number of methoxy groups -OCH3 is 2. The first-order chi connectivity index (χ1) is 25.0. The van der Waals surface area contributed by atoms with Gasteiger partial charge in [0.2, 0.25) is 11.8 Å². The lowest BCUT2D eigenvalue weighted by atomic mass is 9.59. The molecule has 6 nitrogen and oxygen atoms in total. The van der Waals surface area contributed by atoms with Gasteiger partial charge in [0.05, 0.1) is 53.2 Å². The highest BCUT2D eigenvalue weighted by atomic mass is 35.5. The zero-order valence-electron chi connectivity index (χ0n) is 27.8. The van der Waals surface area contributed by atoms with Crippen molar-refractivity contribution in [1.82, 2.24) is 0 Å². The van der Waals surface area contributed by atoms with Crippen molar-refractivity contribution in [2.24, 2.45) is 11.8 Å². The number of Topliss-reactive ketones (excluding diaryl/α,β-unsaturated/α-hetero) is 1. The summed E-state index contributed by atoms with van der Waals surface area (Å²) in [6.45, 7) is 0. The molecular weight excluding hydrogens is 691 g/mol. The molecular formula is C42H29ClF3NO5. The van der Waals surface area contributed by atoms with E-state index in [0.717, 1.165) is 23.1 Å². The highest BCUT2D eigenvalue weighted by Crippen LogP contribution is 2.74. The summed E-state index contributed by atoms with van der Waals surface area (Å²) in [7, 11) is 3.07. The SMILES string of the molecule is COc1ccc(C2=C(c3ccc(OC)cc3)[C@]3(c4ccccc4)C(=O)[C@]2(c2ccccc2)[C@@H]2C(=O)N(c4cc(C(F)(F)F)ccc4Cl)C(=O)[C@@H]23)cc1. The van der Waals surface area contributed by atoms with Crippen molar-refractivity contribution in [3.8, 4) is 11.5 Å². The first-order valence-electron chi connectivity index (χ1n) is 16.5. The molecule has 2 fully saturated rings. The van der Waals surface area contributed by atoms with Gasteiger partial charge in [0.1, 0.15) is 11.5 Å². The summed E-state index contributed by atoms with van der Waals surface area (Å²) >= 11 is 6.53. The normalized spacial score (nSPS) is 23.7. The van der Waals surface area contributed by atoms with Crippen LogP contribution in [0.2, 0.25) is 5.02 Å². The fourth-order valence-electron chi connectivity index (χ4n) is 8.74. The van der Waals surface area contributed by atoms with Crippen molar-refractivity contribution in [2.45, 2.75) is 17.0 Å². The Labute approximate surface area is 302 Å². The van der Waals surface area contributed by atoms with Crippen molar-refractivity contribution in [3.05, 3.63) is 160 Å². The fraction of sp³-hybridized carbons (Fsp3) is 0.167. The van der Waals surface area contributed by atoms with E-state index in [4.69, 9.17) is 21.1 Å². The molecule has 4 atom stereocenters. The summed E-state index contributed by atoms with van der Waals surface area (Å²) in [5.41, 5.74) is -1.80. The lowest BCUT2D eigenvalue weighted by Crippen LogP contribution is -2.45. The summed E-state index contributed by atoms with van der Waals surface area (Å²) in [4.78, 5) is 47.1. The highest BCUT2D eigenvalue weighted by Gasteiger charge is 2.82. The molecule has 2 aliphatic carbocycles. The Morgan fingerprint density at radius 1 is 0.615 bits per heavy atom. The smallest absolute Gasteiger partial charge is 0.416 e. The Balaban J connectivity index is 1.52. The van der Waals surface area contributed by atoms with Crippen LogP contribution in [-0.4, -0.2) is 31.8 Å². The quantitative estimate of drug-likeness (QED) is 0.158. The third-order valence-electron chi connectivity index (χ3n) is 10.7. The van der Waals surface area contributed by atoms with Gasteiger partial charge in [-0.2, -0.15) is 13.2 Å². The number of anilines is 1. The van der Waals surface area contributed by atoms with Gasteiger partial charge in [0, 0.05) is 0 Å². The summed E-state index contributed by atoms with van der Waals surface area (Å²) in [6, 6.07) is 34.5. The molecule has 52 heavy (non-hydrogen) atoms. The first kappa shape index (κ1) is 33.5. The number of carbonyl (C=O) groups excluding carboxylic acids is 3. The molecule has 8 rings (SSSR count). The molecule has 5 aromatic carbocycles. The van der Waals surface area contributed by atoms with Crippen molar-refractivity contribution in [2.75, 3.05) is 19.1 Å². The van der Waals surface area contributed by atoms with Crippen LogP contribution < -0.4 is 14.4 Å². The number of benzene rings is 5. The summed E-state index contributed by atoms with van der Waals surface area (Å²) in [5.74, 6) is -3.57. The molecule has 0 spiro atoms. The van der Waals surface area contributed by atoms with Gasteiger partial charge >= 0.3 is 6.18 Å².